The lowest BCUT2D eigenvalue weighted by Gasteiger charge is -2.35. The number of aromatic nitrogens is 3. The lowest BCUT2D eigenvalue weighted by atomic mass is 10.1. The summed E-state index contributed by atoms with van der Waals surface area (Å²) in [4.78, 5) is 14.4. The zero-order valence-corrected chi connectivity index (χ0v) is 17.8. The maximum Gasteiger partial charge on any atom is 0.281 e. The highest BCUT2D eigenvalue weighted by Gasteiger charge is 2.30. The number of carbonyl (C=O) groups is 1. The monoisotopic (exact) mass is 424 g/mol. The number of H-pyrrole nitrogens is 1. The van der Waals surface area contributed by atoms with Gasteiger partial charge in [-0.2, -0.15) is 22.1 Å². The Kier molecular flexibility index (Phi) is 5.98. The number of hydrogen-bond acceptors (Lipinski definition) is 5. The van der Waals surface area contributed by atoms with Crippen LogP contribution in [0.4, 0.5) is 0 Å². The van der Waals surface area contributed by atoms with Crippen LogP contribution in [0.3, 0.4) is 0 Å². The third-order valence-corrected chi connectivity index (χ3v) is 6.99. The van der Waals surface area contributed by atoms with Gasteiger partial charge in [-0.1, -0.05) is 29.8 Å². The Labute approximate surface area is 169 Å². The predicted octanol–water partition coefficient (Wildman–Crippen LogP) is 0.867. The largest absolute Gasteiger partial charge is 0.338 e. The molecule has 1 aliphatic rings. The second kappa shape index (κ2) is 8.11. The molecule has 2 heterocycles. The standard InChI is InChI=1S/C17H24N6O3S2/c1-13-4-6-14(7-5-13)16-18-19-17(27)23(16)12-15(24)21-8-10-22(11-9-21)28(25,26)20(2)3/h4-7H,8-12H2,1-3H3,(H,19,27). The van der Waals surface area contributed by atoms with Crippen LogP contribution in [0.5, 0.6) is 0 Å². The molecule has 3 rings (SSSR count). The summed E-state index contributed by atoms with van der Waals surface area (Å²) in [5.74, 6) is 0.486. The Hall–Kier alpha value is -2.08. The number of hydrogen-bond donors (Lipinski definition) is 1. The molecule has 1 aliphatic heterocycles. The zero-order valence-electron chi connectivity index (χ0n) is 16.1. The number of carbonyl (C=O) groups excluding carboxylic acids is 1. The number of nitrogens with one attached hydrogen (secondary N) is 1. The summed E-state index contributed by atoms with van der Waals surface area (Å²) >= 11 is 5.30. The fourth-order valence-electron chi connectivity index (χ4n) is 3.02. The van der Waals surface area contributed by atoms with Crippen molar-refractivity contribution in [1.82, 2.24) is 28.3 Å². The molecular weight excluding hydrogens is 400 g/mol. The van der Waals surface area contributed by atoms with Gasteiger partial charge in [0.25, 0.3) is 10.2 Å². The first-order valence-corrected chi connectivity index (χ1v) is 10.7. The molecule has 0 unspecified atom stereocenters. The topological polar surface area (TPSA) is 94.5 Å². The molecule has 0 atom stereocenters. The van der Waals surface area contributed by atoms with Crippen molar-refractivity contribution in [1.29, 1.82) is 0 Å². The van der Waals surface area contributed by atoms with Crippen molar-refractivity contribution in [2.24, 2.45) is 0 Å². The quantitative estimate of drug-likeness (QED) is 0.719. The molecule has 1 fully saturated rings. The lowest BCUT2D eigenvalue weighted by molar-refractivity contribution is -0.133. The van der Waals surface area contributed by atoms with Gasteiger partial charge < -0.3 is 4.90 Å². The van der Waals surface area contributed by atoms with Crippen LogP contribution in [0.25, 0.3) is 11.4 Å². The van der Waals surface area contributed by atoms with Crippen molar-refractivity contribution in [3.05, 3.63) is 34.6 Å². The van der Waals surface area contributed by atoms with E-state index in [1.54, 1.807) is 9.47 Å². The summed E-state index contributed by atoms with van der Waals surface area (Å²) in [6.45, 7) is 3.29. The van der Waals surface area contributed by atoms with Crippen LogP contribution in [0.15, 0.2) is 24.3 Å². The number of rotatable bonds is 5. The third-order valence-electron chi connectivity index (χ3n) is 4.74. The SMILES string of the molecule is Cc1ccc(-c2n[nH]c(=S)n2CC(=O)N2CCN(S(=O)(=O)N(C)C)CC2)cc1. The minimum atomic E-state index is -3.46. The second-order valence-electron chi connectivity index (χ2n) is 6.87. The van der Waals surface area contributed by atoms with Crippen LogP contribution in [0.2, 0.25) is 0 Å². The number of aryl methyl sites for hydroxylation is 1. The van der Waals surface area contributed by atoms with E-state index in [-0.39, 0.29) is 25.5 Å². The first-order valence-electron chi connectivity index (χ1n) is 8.88. The molecule has 28 heavy (non-hydrogen) atoms. The molecule has 1 aromatic carbocycles. The van der Waals surface area contributed by atoms with E-state index in [0.29, 0.717) is 23.7 Å². The van der Waals surface area contributed by atoms with Gasteiger partial charge in [0.2, 0.25) is 5.91 Å². The van der Waals surface area contributed by atoms with Gasteiger partial charge in [-0.15, -0.1) is 0 Å². The Morgan fingerprint density at radius 2 is 1.79 bits per heavy atom. The Morgan fingerprint density at radius 3 is 2.36 bits per heavy atom. The fourth-order valence-corrected chi connectivity index (χ4v) is 4.31. The van der Waals surface area contributed by atoms with Crippen LogP contribution in [0, 0.1) is 11.7 Å². The van der Waals surface area contributed by atoms with Crippen molar-refractivity contribution in [2.75, 3.05) is 40.3 Å². The molecule has 1 N–H and O–H groups in total. The summed E-state index contributed by atoms with van der Waals surface area (Å²) in [6.07, 6.45) is 0. The average molecular weight is 425 g/mol. The maximum atomic E-state index is 12.8. The van der Waals surface area contributed by atoms with Gasteiger partial charge >= 0.3 is 0 Å². The molecule has 0 spiro atoms. The molecule has 0 radical (unpaired) electrons. The van der Waals surface area contributed by atoms with E-state index in [1.807, 2.05) is 31.2 Å². The van der Waals surface area contributed by atoms with Crippen LogP contribution in [0.1, 0.15) is 5.56 Å². The molecule has 11 heteroatoms. The molecular formula is C17H24N6O3S2. The van der Waals surface area contributed by atoms with Crippen molar-refractivity contribution < 1.29 is 13.2 Å². The van der Waals surface area contributed by atoms with Crippen molar-refractivity contribution >= 4 is 28.3 Å². The Morgan fingerprint density at radius 1 is 1.18 bits per heavy atom. The summed E-state index contributed by atoms with van der Waals surface area (Å²) < 4.78 is 29.0. The number of amides is 1. The van der Waals surface area contributed by atoms with Gasteiger partial charge in [-0.25, -0.2) is 0 Å². The Balaban J connectivity index is 1.71. The number of piperazine rings is 1. The molecule has 152 valence electrons. The van der Waals surface area contributed by atoms with E-state index >= 15 is 0 Å². The molecule has 0 saturated carbocycles. The summed E-state index contributed by atoms with van der Waals surface area (Å²) in [6, 6.07) is 7.82. The van der Waals surface area contributed by atoms with Crippen LogP contribution >= 0.6 is 12.2 Å². The minimum Gasteiger partial charge on any atom is -0.338 e. The highest BCUT2D eigenvalue weighted by atomic mass is 32.2. The van der Waals surface area contributed by atoms with Crippen molar-refractivity contribution in [3.63, 3.8) is 0 Å². The smallest absolute Gasteiger partial charge is 0.281 e. The molecule has 0 bridgehead atoms. The molecule has 1 saturated heterocycles. The van der Waals surface area contributed by atoms with Crippen LogP contribution in [-0.2, 0) is 21.5 Å². The van der Waals surface area contributed by atoms with E-state index in [9.17, 15) is 13.2 Å². The number of aromatic amines is 1. The fraction of sp³-hybridized carbons (Fsp3) is 0.471. The summed E-state index contributed by atoms with van der Waals surface area (Å²) in [5.41, 5.74) is 2.00. The predicted molar refractivity (Wildman–Crippen MR) is 108 cm³/mol. The number of nitrogens with zero attached hydrogens (tertiary/aromatic N) is 5. The van der Waals surface area contributed by atoms with Gasteiger partial charge in [0.05, 0.1) is 0 Å². The van der Waals surface area contributed by atoms with E-state index in [2.05, 4.69) is 10.2 Å². The first-order chi connectivity index (χ1) is 13.2. The third kappa shape index (κ3) is 4.17. The van der Waals surface area contributed by atoms with Gasteiger partial charge in [0, 0.05) is 45.8 Å². The lowest BCUT2D eigenvalue weighted by Crippen LogP contribution is -2.53. The molecule has 1 amide bonds. The zero-order chi connectivity index (χ0) is 20.5. The summed E-state index contributed by atoms with van der Waals surface area (Å²) in [7, 11) is -0.460. The Bertz CT molecular complexity index is 1000. The molecule has 0 aliphatic carbocycles. The normalized spacial score (nSPS) is 15.9. The van der Waals surface area contributed by atoms with E-state index < -0.39 is 10.2 Å². The first kappa shape index (κ1) is 20.6. The van der Waals surface area contributed by atoms with Crippen molar-refractivity contribution in [2.45, 2.75) is 13.5 Å². The highest BCUT2D eigenvalue weighted by Crippen LogP contribution is 2.18. The van der Waals surface area contributed by atoms with Gasteiger partial charge in [0.15, 0.2) is 10.6 Å². The second-order valence-corrected chi connectivity index (χ2v) is 9.40. The maximum absolute atomic E-state index is 12.8. The molecule has 2 aromatic rings. The molecule has 9 nitrogen and oxygen atoms in total. The average Bonchev–Trinajstić information content (AvgIpc) is 3.03. The number of benzene rings is 1. The van der Waals surface area contributed by atoms with Gasteiger partial charge in [-0.05, 0) is 19.1 Å². The van der Waals surface area contributed by atoms with E-state index in [1.165, 1.54) is 22.7 Å². The molecule has 1 aromatic heterocycles. The minimum absolute atomic E-state index is 0.0545. The van der Waals surface area contributed by atoms with Gasteiger partial charge in [0.1, 0.15) is 6.54 Å². The van der Waals surface area contributed by atoms with Crippen LogP contribution < -0.4 is 0 Å². The van der Waals surface area contributed by atoms with E-state index in [4.69, 9.17) is 12.2 Å². The van der Waals surface area contributed by atoms with Gasteiger partial charge in [-0.3, -0.25) is 14.5 Å². The van der Waals surface area contributed by atoms with Crippen molar-refractivity contribution in [3.8, 4) is 11.4 Å². The van der Waals surface area contributed by atoms with E-state index in [0.717, 1.165) is 11.1 Å². The van der Waals surface area contributed by atoms with Crippen LogP contribution in [-0.4, -0.2) is 82.9 Å². The summed E-state index contributed by atoms with van der Waals surface area (Å²) in [5, 5.41) is 7.01. The highest BCUT2D eigenvalue weighted by molar-refractivity contribution is 7.86.